The van der Waals surface area contributed by atoms with Crippen molar-refractivity contribution in [3.05, 3.63) is 28.0 Å². The molecule has 0 saturated carbocycles. The van der Waals surface area contributed by atoms with E-state index in [1.165, 1.54) is 6.07 Å². The van der Waals surface area contributed by atoms with Crippen molar-refractivity contribution < 1.29 is 9.13 Å². The van der Waals surface area contributed by atoms with Crippen molar-refractivity contribution in [3.63, 3.8) is 0 Å². The highest BCUT2D eigenvalue weighted by Crippen LogP contribution is 2.34. The molecule has 1 heterocycles. The van der Waals surface area contributed by atoms with Crippen LogP contribution in [-0.2, 0) is 0 Å². The molecule has 1 aromatic carbocycles. The predicted molar refractivity (Wildman–Crippen MR) is 46.5 cm³/mol. The van der Waals surface area contributed by atoms with Crippen molar-refractivity contribution in [1.82, 2.24) is 0 Å². The van der Waals surface area contributed by atoms with E-state index in [1.807, 2.05) is 0 Å². The first-order valence-electron chi connectivity index (χ1n) is 3.56. The van der Waals surface area contributed by atoms with Crippen LogP contribution in [-0.4, -0.2) is 6.61 Å². The molecule has 2 nitrogen and oxygen atoms in total. The van der Waals surface area contributed by atoms with Gasteiger partial charge in [0.1, 0.15) is 18.2 Å². The SMILES string of the molecule is N[C@H]1COc2cc(F)c(Br)cc21. The maximum absolute atomic E-state index is 12.9. The molecular weight excluding hydrogens is 225 g/mol. The summed E-state index contributed by atoms with van der Waals surface area (Å²) in [6.07, 6.45) is 0. The topological polar surface area (TPSA) is 35.2 Å². The van der Waals surface area contributed by atoms with Gasteiger partial charge in [0, 0.05) is 11.6 Å². The summed E-state index contributed by atoms with van der Waals surface area (Å²) in [5.41, 5.74) is 6.56. The van der Waals surface area contributed by atoms with Crippen LogP contribution >= 0.6 is 15.9 Å². The minimum absolute atomic E-state index is 0.128. The molecule has 0 aliphatic carbocycles. The van der Waals surface area contributed by atoms with E-state index in [-0.39, 0.29) is 11.9 Å². The van der Waals surface area contributed by atoms with Crippen molar-refractivity contribution in [2.24, 2.45) is 5.73 Å². The fraction of sp³-hybridized carbons (Fsp3) is 0.250. The van der Waals surface area contributed by atoms with Crippen molar-refractivity contribution in [2.45, 2.75) is 6.04 Å². The molecule has 1 aliphatic heterocycles. The van der Waals surface area contributed by atoms with Crippen LogP contribution in [0.15, 0.2) is 16.6 Å². The quantitative estimate of drug-likeness (QED) is 0.742. The minimum atomic E-state index is -0.317. The molecule has 0 amide bonds. The van der Waals surface area contributed by atoms with Crippen LogP contribution in [0.1, 0.15) is 11.6 Å². The van der Waals surface area contributed by atoms with Crippen molar-refractivity contribution in [1.29, 1.82) is 0 Å². The van der Waals surface area contributed by atoms with Gasteiger partial charge in [-0.15, -0.1) is 0 Å². The number of ether oxygens (including phenoxy) is 1. The highest BCUT2D eigenvalue weighted by Gasteiger charge is 2.22. The summed E-state index contributed by atoms with van der Waals surface area (Å²) >= 11 is 3.09. The van der Waals surface area contributed by atoms with Crippen LogP contribution in [0.25, 0.3) is 0 Å². The fourth-order valence-corrected chi connectivity index (χ4v) is 1.59. The molecule has 0 fully saturated rings. The van der Waals surface area contributed by atoms with E-state index in [1.54, 1.807) is 6.07 Å². The molecule has 1 aromatic rings. The first kappa shape index (κ1) is 8.01. The molecule has 2 rings (SSSR count). The van der Waals surface area contributed by atoms with Gasteiger partial charge >= 0.3 is 0 Å². The number of nitrogens with two attached hydrogens (primary N) is 1. The third-order valence-electron chi connectivity index (χ3n) is 1.87. The van der Waals surface area contributed by atoms with Gasteiger partial charge in [-0.25, -0.2) is 4.39 Å². The Morgan fingerprint density at radius 1 is 1.58 bits per heavy atom. The molecule has 0 radical (unpaired) electrons. The van der Waals surface area contributed by atoms with Gasteiger partial charge in [-0.1, -0.05) is 0 Å². The summed E-state index contributed by atoms with van der Waals surface area (Å²) in [6.45, 7) is 0.436. The Bertz CT molecular complexity index is 329. The molecule has 0 saturated heterocycles. The Kier molecular flexibility index (Phi) is 1.81. The van der Waals surface area contributed by atoms with Crippen LogP contribution < -0.4 is 10.5 Å². The molecule has 2 N–H and O–H groups in total. The maximum atomic E-state index is 12.9. The Morgan fingerprint density at radius 2 is 2.33 bits per heavy atom. The molecule has 64 valence electrons. The minimum Gasteiger partial charge on any atom is -0.491 e. The van der Waals surface area contributed by atoms with Gasteiger partial charge in [0.05, 0.1) is 10.5 Å². The van der Waals surface area contributed by atoms with E-state index in [0.717, 1.165) is 5.56 Å². The third kappa shape index (κ3) is 1.11. The maximum Gasteiger partial charge on any atom is 0.141 e. The monoisotopic (exact) mass is 231 g/mol. The summed E-state index contributed by atoms with van der Waals surface area (Å²) in [4.78, 5) is 0. The molecule has 0 spiro atoms. The van der Waals surface area contributed by atoms with E-state index in [4.69, 9.17) is 10.5 Å². The van der Waals surface area contributed by atoms with Crippen molar-refractivity contribution >= 4 is 15.9 Å². The predicted octanol–water partition coefficient (Wildman–Crippen LogP) is 1.98. The third-order valence-corrected chi connectivity index (χ3v) is 2.48. The zero-order chi connectivity index (χ0) is 8.72. The Hall–Kier alpha value is -0.610. The lowest BCUT2D eigenvalue weighted by Gasteiger charge is -2.01. The van der Waals surface area contributed by atoms with Crippen molar-refractivity contribution in [2.75, 3.05) is 6.61 Å². The molecule has 4 heteroatoms. The summed E-state index contributed by atoms with van der Waals surface area (Å²) in [5.74, 6) is 0.242. The smallest absolute Gasteiger partial charge is 0.141 e. The van der Waals surface area contributed by atoms with Gasteiger partial charge < -0.3 is 10.5 Å². The lowest BCUT2D eigenvalue weighted by molar-refractivity contribution is 0.332. The number of hydrogen-bond acceptors (Lipinski definition) is 2. The van der Waals surface area contributed by atoms with Gasteiger partial charge in [0.2, 0.25) is 0 Å². The van der Waals surface area contributed by atoms with Gasteiger partial charge in [-0.05, 0) is 22.0 Å². The number of halogens is 2. The number of benzene rings is 1. The average molecular weight is 232 g/mol. The van der Waals surface area contributed by atoms with Gasteiger partial charge in [-0.2, -0.15) is 0 Å². The molecule has 12 heavy (non-hydrogen) atoms. The Balaban J connectivity index is 2.56. The summed E-state index contributed by atoms with van der Waals surface area (Å²) < 4.78 is 18.5. The van der Waals surface area contributed by atoms with Crippen LogP contribution in [0, 0.1) is 5.82 Å². The molecular formula is C8H7BrFNO. The first-order chi connectivity index (χ1) is 5.68. The first-order valence-corrected chi connectivity index (χ1v) is 4.35. The van der Waals surface area contributed by atoms with Crippen LogP contribution in [0.5, 0.6) is 5.75 Å². The second kappa shape index (κ2) is 2.71. The van der Waals surface area contributed by atoms with Crippen LogP contribution in [0.4, 0.5) is 4.39 Å². The van der Waals surface area contributed by atoms with Gasteiger partial charge in [-0.3, -0.25) is 0 Å². The van der Waals surface area contributed by atoms with Gasteiger partial charge in [0.15, 0.2) is 0 Å². The summed E-state index contributed by atoms with van der Waals surface area (Å²) in [5, 5.41) is 0. The van der Waals surface area contributed by atoms with E-state index >= 15 is 0 Å². The average Bonchev–Trinajstić information content (AvgIpc) is 2.35. The zero-order valence-corrected chi connectivity index (χ0v) is 7.77. The highest BCUT2D eigenvalue weighted by atomic mass is 79.9. The van der Waals surface area contributed by atoms with Crippen molar-refractivity contribution in [3.8, 4) is 5.75 Å². The lowest BCUT2D eigenvalue weighted by Crippen LogP contribution is -2.10. The second-order valence-electron chi connectivity index (χ2n) is 2.72. The Morgan fingerprint density at radius 3 is 3.08 bits per heavy atom. The summed E-state index contributed by atoms with van der Waals surface area (Å²) in [7, 11) is 0. The number of rotatable bonds is 0. The van der Waals surface area contributed by atoms with Gasteiger partial charge in [0.25, 0.3) is 0 Å². The fourth-order valence-electron chi connectivity index (χ4n) is 1.23. The van der Waals surface area contributed by atoms with Crippen LogP contribution in [0.3, 0.4) is 0 Å². The largest absolute Gasteiger partial charge is 0.491 e. The van der Waals surface area contributed by atoms with Crippen LogP contribution in [0.2, 0.25) is 0 Å². The highest BCUT2D eigenvalue weighted by molar-refractivity contribution is 9.10. The molecule has 1 atom stereocenters. The van der Waals surface area contributed by atoms with E-state index in [9.17, 15) is 4.39 Å². The number of fused-ring (bicyclic) bond motifs is 1. The second-order valence-corrected chi connectivity index (χ2v) is 3.58. The normalized spacial score (nSPS) is 20.4. The van der Waals surface area contributed by atoms with E-state index < -0.39 is 0 Å². The van der Waals surface area contributed by atoms with E-state index in [0.29, 0.717) is 16.8 Å². The standard InChI is InChI=1S/C8H7BrFNO/c9-5-1-4-7(11)3-12-8(4)2-6(5)10/h1-2,7H,3,11H2/t7-/m0/s1. The zero-order valence-electron chi connectivity index (χ0n) is 6.18. The molecule has 0 unspecified atom stereocenters. The molecule has 1 aliphatic rings. The van der Waals surface area contributed by atoms with E-state index in [2.05, 4.69) is 15.9 Å². The molecule has 0 aromatic heterocycles. The lowest BCUT2D eigenvalue weighted by atomic mass is 10.1. The summed E-state index contributed by atoms with van der Waals surface area (Å²) in [6, 6.07) is 2.89. The number of hydrogen-bond donors (Lipinski definition) is 1. The Labute approximate surface area is 77.6 Å². The molecule has 0 bridgehead atoms.